The molecule has 132 valence electrons. The fourth-order valence-corrected chi connectivity index (χ4v) is 3.08. The number of hydrogen-bond acceptors (Lipinski definition) is 4. The molecule has 0 saturated carbocycles. The number of nitrogens with one attached hydrogen (secondary N) is 1. The highest BCUT2D eigenvalue weighted by Crippen LogP contribution is 2.20. The molecule has 0 spiro atoms. The molecule has 0 aliphatic heterocycles. The van der Waals surface area contributed by atoms with Crippen LogP contribution < -0.4 is 9.73 Å². The Kier molecular flexibility index (Phi) is 6.17. The zero-order chi connectivity index (χ0) is 18.4. The summed E-state index contributed by atoms with van der Waals surface area (Å²) < 4.78 is 24.9. The van der Waals surface area contributed by atoms with E-state index >= 15 is 0 Å². The van der Waals surface area contributed by atoms with Crippen molar-refractivity contribution >= 4 is 39.4 Å². The Hall–Kier alpha value is -2.38. The molecule has 0 unspecified atom stereocenters. The van der Waals surface area contributed by atoms with Gasteiger partial charge >= 0.3 is 0 Å². The van der Waals surface area contributed by atoms with Gasteiger partial charge in [-0.25, -0.2) is 13.8 Å². The summed E-state index contributed by atoms with van der Waals surface area (Å²) in [6.07, 6.45) is 2.53. The molecule has 0 aliphatic carbocycles. The number of carbonyl (C=O) groups excluding carboxylic acids is 1. The van der Waals surface area contributed by atoms with Crippen molar-refractivity contribution in [2.75, 3.05) is 17.1 Å². The van der Waals surface area contributed by atoms with E-state index in [1.807, 2.05) is 31.2 Å². The largest absolute Gasteiger partial charge is 0.271 e. The summed E-state index contributed by atoms with van der Waals surface area (Å²) in [4.78, 5) is 12.0. The zero-order valence-electron chi connectivity index (χ0n) is 13.8. The van der Waals surface area contributed by atoms with Gasteiger partial charge < -0.3 is 0 Å². The molecule has 1 amide bonds. The number of benzene rings is 2. The molecule has 0 saturated heterocycles. The van der Waals surface area contributed by atoms with Crippen molar-refractivity contribution in [2.45, 2.75) is 6.92 Å². The normalized spacial score (nSPS) is 11.5. The molecular weight excluding hydrogens is 362 g/mol. The average molecular weight is 380 g/mol. The van der Waals surface area contributed by atoms with Crippen molar-refractivity contribution in [3.05, 3.63) is 64.7 Å². The van der Waals surface area contributed by atoms with E-state index in [1.165, 1.54) is 18.3 Å². The van der Waals surface area contributed by atoms with Crippen LogP contribution in [0, 0.1) is 6.92 Å². The Bertz CT molecular complexity index is 880. The van der Waals surface area contributed by atoms with Crippen LogP contribution in [0.15, 0.2) is 53.6 Å². The first-order valence-corrected chi connectivity index (χ1v) is 9.60. The number of aryl methyl sites for hydroxylation is 1. The Morgan fingerprint density at radius 3 is 2.52 bits per heavy atom. The molecule has 25 heavy (non-hydrogen) atoms. The minimum atomic E-state index is -3.63. The number of hydrogen-bond donors (Lipinski definition) is 1. The highest BCUT2D eigenvalue weighted by atomic mass is 35.5. The molecule has 2 aromatic carbocycles. The van der Waals surface area contributed by atoms with Crippen LogP contribution in [0.4, 0.5) is 5.69 Å². The highest BCUT2D eigenvalue weighted by Gasteiger charge is 2.20. The van der Waals surface area contributed by atoms with Crippen LogP contribution in [0.2, 0.25) is 5.02 Å². The van der Waals surface area contributed by atoms with Gasteiger partial charge in [0.25, 0.3) is 5.91 Å². The quantitative estimate of drug-likeness (QED) is 0.618. The molecule has 1 N–H and O–H groups in total. The van der Waals surface area contributed by atoms with Crippen LogP contribution in [-0.2, 0) is 14.8 Å². The molecule has 6 nitrogen and oxygen atoms in total. The Morgan fingerprint density at radius 1 is 1.24 bits per heavy atom. The third-order valence-electron chi connectivity index (χ3n) is 3.25. The number of sulfonamides is 1. The molecule has 0 bridgehead atoms. The topological polar surface area (TPSA) is 78.8 Å². The van der Waals surface area contributed by atoms with Gasteiger partial charge in [-0.3, -0.25) is 9.10 Å². The van der Waals surface area contributed by atoms with E-state index in [0.29, 0.717) is 10.7 Å². The predicted octanol–water partition coefficient (Wildman–Crippen LogP) is 2.56. The van der Waals surface area contributed by atoms with E-state index in [9.17, 15) is 13.2 Å². The second-order valence-corrected chi connectivity index (χ2v) is 7.80. The van der Waals surface area contributed by atoms with E-state index in [2.05, 4.69) is 10.5 Å². The van der Waals surface area contributed by atoms with Gasteiger partial charge in [0.15, 0.2) is 0 Å². The maximum atomic E-state index is 12.0. The first-order chi connectivity index (χ1) is 11.8. The summed E-state index contributed by atoms with van der Waals surface area (Å²) >= 11 is 5.81. The molecule has 0 radical (unpaired) electrons. The Labute approximate surface area is 152 Å². The minimum absolute atomic E-state index is 0.352. The second kappa shape index (κ2) is 8.13. The van der Waals surface area contributed by atoms with Crippen LogP contribution in [0.25, 0.3) is 0 Å². The molecule has 0 fully saturated rings. The summed E-state index contributed by atoms with van der Waals surface area (Å²) in [6.45, 7) is 1.57. The molecule has 0 aliphatic rings. The molecule has 2 rings (SSSR count). The van der Waals surface area contributed by atoms with E-state index < -0.39 is 15.9 Å². The third kappa shape index (κ3) is 5.88. The van der Waals surface area contributed by atoms with Crippen LogP contribution in [0.5, 0.6) is 0 Å². The number of anilines is 1. The lowest BCUT2D eigenvalue weighted by Crippen LogP contribution is -2.38. The molecular formula is C17H18ClN3O3S. The number of amides is 1. The fourth-order valence-electron chi connectivity index (χ4n) is 2.10. The summed E-state index contributed by atoms with van der Waals surface area (Å²) in [7, 11) is -3.63. The number of rotatable bonds is 6. The number of carbonyl (C=O) groups is 1. The fraction of sp³-hybridized carbons (Fsp3) is 0.176. The Balaban J connectivity index is 2.06. The number of halogens is 1. The average Bonchev–Trinajstić information content (AvgIpc) is 2.53. The van der Waals surface area contributed by atoms with Crippen LogP contribution >= 0.6 is 11.6 Å². The lowest BCUT2D eigenvalue weighted by Gasteiger charge is -2.21. The van der Waals surface area contributed by atoms with E-state index in [1.54, 1.807) is 12.1 Å². The summed E-state index contributed by atoms with van der Waals surface area (Å²) in [5.74, 6) is -0.552. The number of nitrogens with zero attached hydrogens (tertiary/aromatic N) is 2. The van der Waals surface area contributed by atoms with Crippen molar-refractivity contribution in [3.63, 3.8) is 0 Å². The third-order valence-corrected chi connectivity index (χ3v) is 4.64. The SMILES string of the molecule is Cc1cccc(/C=N\NC(=O)CN(c2ccc(Cl)cc2)S(C)(=O)=O)c1. The smallest absolute Gasteiger partial charge is 0.260 e. The molecule has 0 aromatic heterocycles. The van der Waals surface area contributed by atoms with Crippen molar-refractivity contribution in [2.24, 2.45) is 5.10 Å². The second-order valence-electron chi connectivity index (χ2n) is 5.45. The van der Waals surface area contributed by atoms with Gasteiger partial charge in [-0.2, -0.15) is 5.10 Å². The molecule has 2 aromatic rings. The van der Waals surface area contributed by atoms with E-state index in [0.717, 1.165) is 21.7 Å². The minimum Gasteiger partial charge on any atom is -0.271 e. The van der Waals surface area contributed by atoms with Gasteiger partial charge in [-0.1, -0.05) is 41.4 Å². The zero-order valence-corrected chi connectivity index (χ0v) is 15.4. The molecule has 0 atom stereocenters. The first-order valence-electron chi connectivity index (χ1n) is 7.37. The van der Waals surface area contributed by atoms with Crippen LogP contribution in [0.3, 0.4) is 0 Å². The van der Waals surface area contributed by atoms with Gasteiger partial charge in [0.1, 0.15) is 6.54 Å². The highest BCUT2D eigenvalue weighted by molar-refractivity contribution is 7.92. The lowest BCUT2D eigenvalue weighted by atomic mass is 10.2. The maximum absolute atomic E-state index is 12.0. The summed E-state index contributed by atoms with van der Waals surface area (Å²) in [5, 5.41) is 4.33. The van der Waals surface area contributed by atoms with E-state index in [4.69, 9.17) is 11.6 Å². The van der Waals surface area contributed by atoms with Crippen LogP contribution in [0.1, 0.15) is 11.1 Å². The van der Waals surface area contributed by atoms with Gasteiger partial charge in [0.2, 0.25) is 10.0 Å². The molecule has 8 heteroatoms. The standard InChI is InChI=1S/C17H18ClN3O3S/c1-13-4-3-5-14(10-13)11-19-20-17(22)12-21(25(2,23)24)16-8-6-15(18)7-9-16/h3-11H,12H2,1-2H3,(H,20,22)/b19-11-. The maximum Gasteiger partial charge on any atom is 0.260 e. The van der Waals surface area contributed by atoms with Gasteiger partial charge in [-0.05, 0) is 36.8 Å². The Morgan fingerprint density at radius 2 is 1.92 bits per heavy atom. The lowest BCUT2D eigenvalue weighted by molar-refractivity contribution is -0.119. The monoisotopic (exact) mass is 379 g/mol. The summed E-state index contributed by atoms with van der Waals surface area (Å²) in [5.41, 5.74) is 4.59. The van der Waals surface area contributed by atoms with Crippen molar-refractivity contribution in [1.82, 2.24) is 5.43 Å². The van der Waals surface area contributed by atoms with Crippen molar-refractivity contribution < 1.29 is 13.2 Å². The predicted molar refractivity (Wildman–Crippen MR) is 101 cm³/mol. The van der Waals surface area contributed by atoms with Crippen LogP contribution in [-0.4, -0.2) is 33.3 Å². The van der Waals surface area contributed by atoms with Crippen molar-refractivity contribution in [1.29, 1.82) is 0 Å². The van der Waals surface area contributed by atoms with Gasteiger partial charge in [0.05, 0.1) is 18.2 Å². The number of hydrazone groups is 1. The van der Waals surface area contributed by atoms with Crippen molar-refractivity contribution in [3.8, 4) is 0 Å². The molecule has 0 heterocycles. The van der Waals surface area contributed by atoms with Gasteiger partial charge in [0, 0.05) is 5.02 Å². The first kappa shape index (κ1) is 19.0. The van der Waals surface area contributed by atoms with Gasteiger partial charge in [-0.15, -0.1) is 0 Å². The summed E-state index contributed by atoms with van der Waals surface area (Å²) in [6, 6.07) is 13.8. The van der Waals surface area contributed by atoms with E-state index in [-0.39, 0.29) is 6.54 Å².